The first kappa shape index (κ1) is 18.2. The zero-order chi connectivity index (χ0) is 13.6. The van der Waals surface area contributed by atoms with Crippen molar-refractivity contribution >= 4 is 0 Å². The Kier molecular flexibility index (Phi) is 9.00. The molecule has 0 rings (SSSR count). The van der Waals surface area contributed by atoms with Crippen molar-refractivity contribution in [1.82, 2.24) is 0 Å². The van der Waals surface area contributed by atoms with E-state index in [2.05, 4.69) is 0 Å². The van der Waals surface area contributed by atoms with Gasteiger partial charge in [-0.2, -0.15) is 0 Å². The fraction of sp³-hybridized carbons (Fsp3) is 1.00. The summed E-state index contributed by atoms with van der Waals surface area (Å²) in [5, 5.41) is 0. The summed E-state index contributed by atoms with van der Waals surface area (Å²) in [6, 6.07) is 0. The first-order valence-corrected chi connectivity index (χ1v) is 11.5. The van der Waals surface area contributed by atoms with Gasteiger partial charge < -0.3 is 0 Å². The van der Waals surface area contributed by atoms with Gasteiger partial charge in [0.2, 0.25) is 0 Å². The first-order valence-electron chi connectivity index (χ1n) is 6.38. The summed E-state index contributed by atoms with van der Waals surface area (Å²) in [7, 11) is 0. The Morgan fingerprint density at radius 1 is 0.471 bits per heavy atom. The summed E-state index contributed by atoms with van der Waals surface area (Å²) in [5.74, 6) is 0. The van der Waals surface area contributed by atoms with Gasteiger partial charge in [-0.3, -0.25) is 0 Å². The summed E-state index contributed by atoms with van der Waals surface area (Å²) in [6.07, 6.45) is 0.196. The van der Waals surface area contributed by atoms with E-state index in [1.165, 1.54) is 0 Å². The van der Waals surface area contributed by atoms with Crippen molar-refractivity contribution < 1.29 is 39.6 Å². The van der Waals surface area contributed by atoms with Crippen LogP contribution in [0.5, 0.6) is 0 Å². The molecule has 0 fully saturated rings. The van der Waals surface area contributed by atoms with E-state index in [1.807, 2.05) is 55.4 Å². The van der Waals surface area contributed by atoms with Crippen LogP contribution in [0.25, 0.3) is 0 Å². The van der Waals surface area contributed by atoms with Gasteiger partial charge in [-0.15, -0.1) is 0 Å². The summed E-state index contributed by atoms with van der Waals surface area (Å²) >= 11 is -4.03. The zero-order valence-electron chi connectivity index (χ0n) is 12.4. The van der Waals surface area contributed by atoms with E-state index in [0.717, 1.165) is 0 Å². The molecule has 0 saturated heterocycles. The Morgan fingerprint density at radius 3 is 0.765 bits per heavy atom. The normalized spacial score (nSPS) is 13.4. The maximum absolute atomic E-state index is 5.93. The quantitative estimate of drug-likeness (QED) is 0.650. The third-order valence-electron chi connectivity index (χ3n) is 1.52. The van der Waals surface area contributed by atoms with Gasteiger partial charge in [0.15, 0.2) is 0 Å². The van der Waals surface area contributed by atoms with Crippen LogP contribution in [-0.2, 0) is 3.81 Å². The average molecular weight is 376 g/mol. The van der Waals surface area contributed by atoms with E-state index in [4.69, 9.17) is 3.81 Å². The van der Waals surface area contributed by atoms with Crippen molar-refractivity contribution in [3.05, 3.63) is 0 Å². The molecule has 0 spiro atoms. The third kappa shape index (κ3) is 8.86. The molecule has 0 aromatic heterocycles. The molecule has 0 N–H and O–H groups in total. The fourth-order valence-corrected chi connectivity index (χ4v) is 9.62. The molecule has 0 aliphatic carbocycles. The molecule has 0 aromatic carbocycles. The van der Waals surface area contributed by atoms with Crippen molar-refractivity contribution in [3.8, 4) is 0 Å². The minimum atomic E-state index is -4.03. The topological polar surface area (TPSA) is 36.9 Å². The molecule has 0 amide bonds. The molecule has 0 aliphatic rings. The van der Waals surface area contributed by atoms with Gasteiger partial charge in [0.25, 0.3) is 0 Å². The van der Waals surface area contributed by atoms with Gasteiger partial charge in [-0.05, 0) is 0 Å². The molecule has 0 aliphatic heterocycles. The molecule has 5 heteroatoms. The average Bonchev–Trinajstić information content (AvgIpc) is 1.95. The van der Waals surface area contributed by atoms with Crippen LogP contribution in [0.15, 0.2) is 0 Å². The van der Waals surface area contributed by atoms with Crippen LogP contribution in [0.3, 0.4) is 0 Å². The second-order valence-electron chi connectivity index (χ2n) is 5.17. The first-order chi connectivity index (χ1) is 7.67. The van der Waals surface area contributed by atoms with E-state index in [1.54, 1.807) is 0 Å². The van der Waals surface area contributed by atoms with Crippen LogP contribution in [0.2, 0.25) is 0 Å². The Morgan fingerprint density at radius 2 is 0.647 bits per heavy atom. The molecular formula is C12H28CeO4. The monoisotopic (exact) mass is 376 g/mol. The van der Waals surface area contributed by atoms with Crippen LogP contribution in [-0.4, -0.2) is 24.4 Å². The molecule has 0 aromatic rings. The summed E-state index contributed by atoms with van der Waals surface area (Å²) < 4.78 is 23.7. The van der Waals surface area contributed by atoms with E-state index in [9.17, 15) is 0 Å². The van der Waals surface area contributed by atoms with Crippen molar-refractivity contribution in [2.75, 3.05) is 0 Å². The Labute approximate surface area is 118 Å². The minimum absolute atomic E-state index is 0.0490. The number of hydrogen-bond acceptors (Lipinski definition) is 4. The predicted octanol–water partition coefficient (Wildman–Crippen LogP) is 3.50. The van der Waals surface area contributed by atoms with Crippen molar-refractivity contribution in [2.45, 2.75) is 79.8 Å². The van der Waals surface area contributed by atoms with Gasteiger partial charge >= 0.3 is 119 Å². The van der Waals surface area contributed by atoms with Crippen LogP contribution in [0, 0.1) is 35.8 Å². The molecule has 104 valence electrons. The molecule has 0 heterocycles. The SMILES string of the molecule is CC(C)[O][Ce]([O]C(C)C)([O]C(C)C)[O]C(C)C. The second kappa shape index (κ2) is 8.40. The predicted molar refractivity (Wildman–Crippen MR) is 64.9 cm³/mol. The van der Waals surface area contributed by atoms with Crippen LogP contribution in [0.1, 0.15) is 55.4 Å². The molecule has 4 nitrogen and oxygen atoms in total. The Balaban J connectivity index is 4.89. The molecule has 0 radical (unpaired) electrons. The molecule has 0 saturated carbocycles. The maximum atomic E-state index is 5.93. The van der Waals surface area contributed by atoms with Crippen molar-refractivity contribution in [2.24, 2.45) is 0 Å². The molecule has 17 heavy (non-hydrogen) atoms. The zero-order valence-corrected chi connectivity index (χ0v) is 15.6. The van der Waals surface area contributed by atoms with E-state index in [-0.39, 0.29) is 24.4 Å². The van der Waals surface area contributed by atoms with E-state index in [0.29, 0.717) is 0 Å². The van der Waals surface area contributed by atoms with E-state index < -0.39 is 35.8 Å². The van der Waals surface area contributed by atoms with E-state index >= 15 is 0 Å². The van der Waals surface area contributed by atoms with Crippen LogP contribution >= 0.6 is 0 Å². The van der Waals surface area contributed by atoms with Crippen molar-refractivity contribution in [3.63, 3.8) is 0 Å². The van der Waals surface area contributed by atoms with Gasteiger partial charge in [-0.1, -0.05) is 0 Å². The van der Waals surface area contributed by atoms with Crippen LogP contribution < -0.4 is 0 Å². The molecule has 0 bridgehead atoms. The third-order valence-corrected chi connectivity index (χ3v) is 11.1. The van der Waals surface area contributed by atoms with Gasteiger partial charge in [0, 0.05) is 0 Å². The molecule has 0 atom stereocenters. The standard InChI is InChI=1S/4C3H7O.Ce/c4*1-3(2)4;/h4*3H,1-2H3;/q4*-1;+4. The number of rotatable bonds is 8. The molecular weight excluding hydrogens is 348 g/mol. The van der Waals surface area contributed by atoms with Gasteiger partial charge in [0.1, 0.15) is 0 Å². The van der Waals surface area contributed by atoms with Crippen LogP contribution in [0.4, 0.5) is 0 Å². The van der Waals surface area contributed by atoms with Gasteiger partial charge in [-0.25, -0.2) is 0 Å². The summed E-state index contributed by atoms with van der Waals surface area (Å²) in [4.78, 5) is 0. The van der Waals surface area contributed by atoms with Gasteiger partial charge in [0.05, 0.1) is 0 Å². The Hall–Kier alpha value is 1.22. The second-order valence-corrected chi connectivity index (χ2v) is 11.3. The van der Waals surface area contributed by atoms with Crippen molar-refractivity contribution in [1.29, 1.82) is 0 Å². The fourth-order valence-electron chi connectivity index (χ4n) is 1.32. The number of hydrogen-bond donors (Lipinski definition) is 0. The summed E-state index contributed by atoms with van der Waals surface area (Å²) in [6.45, 7) is 15.8. The summed E-state index contributed by atoms with van der Waals surface area (Å²) in [5.41, 5.74) is 0. The Bertz CT molecular complexity index is 159. The molecule has 0 unspecified atom stereocenters.